The summed E-state index contributed by atoms with van der Waals surface area (Å²) < 4.78 is 6.08. The number of hydrogen-bond acceptors (Lipinski definition) is 5. The fourth-order valence-corrected chi connectivity index (χ4v) is 1.83. The van der Waals surface area contributed by atoms with Gasteiger partial charge in [0.25, 0.3) is 5.69 Å². The summed E-state index contributed by atoms with van der Waals surface area (Å²) >= 11 is 3.22. The quantitative estimate of drug-likeness (QED) is 0.678. The second-order valence-electron chi connectivity index (χ2n) is 3.68. The molecule has 7 nitrogen and oxygen atoms in total. The Morgan fingerprint density at radius 3 is 2.65 bits per heavy atom. The zero-order valence-electron chi connectivity index (χ0n) is 9.82. The van der Waals surface area contributed by atoms with Gasteiger partial charge >= 0.3 is 5.97 Å². The third-order valence-electron chi connectivity index (χ3n) is 2.31. The van der Waals surface area contributed by atoms with E-state index in [4.69, 9.17) is 9.84 Å². The van der Waals surface area contributed by atoms with Gasteiger partial charge in [0.15, 0.2) is 0 Å². The molecule has 1 aromatic carbocycles. The maximum Gasteiger partial charge on any atom is 0.342 e. The number of rotatable bonds is 4. The highest BCUT2D eigenvalue weighted by Crippen LogP contribution is 2.29. The van der Waals surface area contributed by atoms with E-state index in [9.17, 15) is 14.9 Å². The summed E-state index contributed by atoms with van der Waals surface area (Å²) in [6.07, 6.45) is 2.99. The lowest BCUT2D eigenvalue weighted by Crippen LogP contribution is -2.02. The SMILES string of the molecule is O=C(O)c1ccc(Oc2cncc(Br)c2)cc1[N+](=O)[O-]. The number of carboxylic acid groups (broad SMARTS) is 1. The van der Waals surface area contributed by atoms with Gasteiger partial charge in [0.1, 0.15) is 17.1 Å². The molecule has 0 amide bonds. The number of pyridine rings is 1. The number of ether oxygens (including phenoxy) is 1. The van der Waals surface area contributed by atoms with Crippen molar-refractivity contribution >= 4 is 27.6 Å². The van der Waals surface area contributed by atoms with E-state index in [1.165, 1.54) is 12.3 Å². The van der Waals surface area contributed by atoms with Crippen molar-refractivity contribution in [2.45, 2.75) is 0 Å². The van der Waals surface area contributed by atoms with Crippen molar-refractivity contribution in [1.29, 1.82) is 0 Å². The van der Waals surface area contributed by atoms with Crippen molar-refractivity contribution in [2.75, 3.05) is 0 Å². The summed E-state index contributed by atoms with van der Waals surface area (Å²) in [6, 6.07) is 5.16. The molecular formula is C12H7BrN2O5. The number of halogens is 1. The molecular weight excluding hydrogens is 332 g/mol. The van der Waals surface area contributed by atoms with Crippen molar-refractivity contribution < 1.29 is 19.6 Å². The standard InChI is InChI=1S/C12H7BrN2O5/c13-7-3-9(6-14-5-7)20-8-1-2-10(12(16)17)11(4-8)15(18)19/h1-6H,(H,16,17). The van der Waals surface area contributed by atoms with Gasteiger partial charge in [0.2, 0.25) is 0 Å². The van der Waals surface area contributed by atoms with Gasteiger partial charge in [-0.2, -0.15) is 0 Å². The van der Waals surface area contributed by atoms with Gasteiger partial charge in [-0.3, -0.25) is 15.1 Å². The highest BCUT2D eigenvalue weighted by molar-refractivity contribution is 9.10. The van der Waals surface area contributed by atoms with Gasteiger partial charge in [0.05, 0.1) is 17.2 Å². The minimum atomic E-state index is -1.37. The molecule has 0 aliphatic carbocycles. The molecule has 2 rings (SSSR count). The second-order valence-corrected chi connectivity index (χ2v) is 4.60. The van der Waals surface area contributed by atoms with Crippen molar-refractivity contribution in [3.8, 4) is 11.5 Å². The van der Waals surface area contributed by atoms with E-state index < -0.39 is 22.1 Å². The predicted molar refractivity (Wildman–Crippen MR) is 72.1 cm³/mol. The van der Waals surface area contributed by atoms with Gasteiger partial charge in [-0.1, -0.05) is 0 Å². The third-order valence-corrected chi connectivity index (χ3v) is 2.75. The molecule has 0 saturated carbocycles. The van der Waals surface area contributed by atoms with E-state index in [2.05, 4.69) is 20.9 Å². The number of aromatic carboxylic acids is 1. The lowest BCUT2D eigenvalue weighted by molar-refractivity contribution is -0.385. The molecule has 8 heteroatoms. The molecule has 0 bridgehead atoms. The second kappa shape index (κ2) is 5.66. The van der Waals surface area contributed by atoms with Crippen LogP contribution in [-0.2, 0) is 0 Å². The number of hydrogen-bond donors (Lipinski definition) is 1. The lowest BCUT2D eigenvalue weighted by atomic mass is 10.2. The van der Waals surface area contributed by atoms with Gasteiger partial charge in [-0.15, -0.1) is 0 Å². The van der Waals surface area contributed by atoms with Gasteiger partial charge < -0.3 is 9.84 Å². The molecule has 1 N–H and O–H groups in total. The van der Waals surface area contributed by atoms with E-state index in [0.717, 1.165) is 12.1 Å². The Morgan fingerprint density at radius 1 is 1.30 bits per heavy atom. The van der Waals surface area contributed by atoms with Crippen LogP contribution in [0.15, 0.2) is 41.1 Å². The van der Waals surface area contributed by atoms with E-state index in [1.54, 1.807) is 12.3 Å². The maximum atomic E-state index is 10.9. The first-order chi connectivity index (χ1) is 9.47. The summed E-state index contributed by atoms with van der Waals surface area (Å²) in [5, 5.41) is 19.7. The first-order valence-corrected chi connectivity index (χ1v) is 6.07. The summed E-state index contributed by atoms with van der Waals surface area (Å²) in [4.78, 5) is 24.8. The number of aromatic nitrogens is 1. The van der Waals surface area contributed by atoms with Crippen LogP contribution in [0, 0.1) is 10.1 Å². The normalized spacial score (nSPS) is 10.1. The van der Waals surface area contributed by atoms with Crippen LogP contribution < -0.4 is 4.74 Å². The van der Waals surface area contributed by atoms with Crippen LogP contribution in [0.3, 0.4) is 0 Å². The maximum absolute atomic E-state index is 10.9. The fraction of sp³-hybridized carbons (Fsp3) is 0. The number of nitro benzene ring substituents is 1. The van der Waals surface area contributed by atoms with Crippen LogP contribution in [0.4, 0.5) is 5.69 Å². The topological polar surface area (TPSA) is 103 Å². The fourth-order valence-electron chi connectivity index (χ4n) is 1.49. The van der Waals surface area contributed by atoms with E-state index >= 15 is 0 Å². The molecule has 0 radical (unpaired) electrons. The Kier molecular flexibility index (Phi) is 3.94. The summed E-state index contributed by atoms with van der Waals surface area (Å²) in [5.41, 5.74) is -0.923. The lowest BCUT2D eigenvalue weighted by Gasteiger charge is -2.06. The number of nitrogens with zero attached hydrogens (tertiary/aromatic N) is 2. The van der Waals surface area contributed by atoms with Crippen LogP contribution in [0.2, 0.25) is 0 Å². The molecule has 1 aromatic heterocycles. The molecule has 0 saturated heterocycles. The van der Waals surface area contributed by atoms with Crippen molar-refractivity contribution in [1.82, 2.24) is 4.98 Å². The summed E-state index contributed by atoms with van der Waals surface area (Å²) in [7, 11) is 0. The average Bonchev–Trinajstić information content (AvgIpc) is 2.38. The molecule has 0 aliphatic rings. The van der Waals surface area contributed by atoms with Crippen LogP contribution in [-0.4, -0.2) is 21.0 Å². The minimum Gasteiger partial charge on any atom is -0.477 e. The summed E-state index contributed by atoms with van der Waals surface area (Å²) in [6.45, 7) is 0. The number of carboxylic acids is 1. The van der Waals surface area contributed by atoms with E-state index in [1.807, 2.05) is 0 Å². The van der Waals surface area contributed by atoms with E-state index in [0.29, 0.717) is 10.2 Å². The molecule has 0 atom stereocenters. The van der Waals surface area contributed by atoms with Crippen molar-refractivity contribution in [3.05, 3.63) is 56.8 Å². The molecule has 20 heavy (non-hydrogen) atoms. The van der Waals surface area contributed by atoms with Crippen LogP contribution >= 0.6 is 15.9 Å². The summed E-state index contributed by atoms with van der Waals surface area (Å²) in [5.74, 6) is -0.842. The van der Waals surface area contributed by atoms with Gasteiger partial charge in [-0.05, 0) is 34.1 Å². The highest BCUT2D eigenvalue weighted by Gasteiger charge is 2.20. The van der Waals surface area contributed by atoms with E-state index in [-0.39, 0.29) is 5.75 Å². The van der Waals surface area contributed by atoms with Crippen LogP contribution in [0.25, 0.3) is 0 Å². The Hall–Kier alpha value is -2.48. The van der Waals surface area contributed by atoms with Crippen LogP contribution in [0.1, 0.15) is 10.4 Å². The largest absolute Gasteiger partial charge is 0.477 e. The first kappa shape index (κ1) is 13.9. The Morgan fingerprint density at radius 2 is 2.05 bits per heavy atom. The van der Waals surface area contributed by atoms with Gasteiger partial charge in [-0.25, -0.2) is 4.79 Å². The van der Waals surface area contributed by atoms with Crippen molar-refractivity contribution in [2.24, 2.45) is 0 Å². The third kappa shape index (κ3) is 3.09. The van der Waals surface area contributed by atoms with Crippen molar-refractivity contribution in [3.63, 3.8) is 0 Å². The molecule has 0 spiro atoms. The number of nitro groups is 1. The Labute approximate surface area is 121 Å². The zero-order valence-corrected chi connectivity index (χ0v) is 11.4. The Balaban J connectivity index is 2.36. The first-order valence-electron chi connectivity index (χ1n) is 5.27. The smallest absolute Gasteiger partial charge is 0.342 e. The predicted octanol–water partition coefficient (Wildman–Crippen LogP) is 3.24. The number of benzene rings is 1. The monoisotopic (exact) mass is 338 g/mol. The average molecular weight is 339 g/mol. The molecule has 102 valence electrons. The molecule has 1 heterocycles. The van der Waals surface area contributed by atoms with Gasteiger partial charge in [0, 0.05) is 10.7 Å². The molecule has 0 aliphatic heterocycles. The zero-order chi connectivity index (χ0) is 14.7. The number of carbonyl (C=O) groups is 1. The highest BCUT2D eigenvalue weighted by atomic mass is 79.9. The molecule has 2 aromatic rings. The Bertz CT molecular complexity index is 689. The molecule has 0 unspecified atom stereocenters. The molecule has 0 fully saturated rings. The van der Waals surface area contributed by atoms with Crippen LogP contribution in [0.5, 0.6) is 11.5 Å². The minimum absolute atomic E-state index is 0.154.